The molecule has 11 heavy (non-hydrogen) atoms. The minimum atomic E-state index is -0.0141. The summed E-state index contributed by atoms with van der Waals surface area (Å²) >= 11 is 0. The van der Waals surface area contributed by atoms with Crippen molar-refractivity contribution in [2.45, 2.75) is 37.8 Å². The van der Waals surface area contributed by atoms with Crippen LogP contribution in [-0.2, 0) is 0 Å². The quantitative estimate of drug-likeness (QED) is 0.578. The molecule has 2 fully saturated rings. The second kappa shape index (κ2) is 3.30. The summed E-state index contributed by atoms with van der Waals surface area (Å²) in [6.07, 6.45) is 4.51. The van der Waals surface area contributed by atoms with E-state index in [-0.39, 0.29) is 18.5 Å². The molecular formula is C8H16ClNO. The van der Waals surface area contributed by atoms with Gasteiger partial charge in [0.05, 0.1) is 6.10 Å². The molecule has 0 spiro atoms. The topological polar surface area (TPSA) is 46.2 Å². The Morgan fingerprint density at radius 2 is 1.55 bits per heavy atom. The molecule has 2 aliphatic carbocycles. The SMILES string of the molecule is Cl.NC1C[C@H]2CC[C@@H](C1)C2O. The maximum Gasteiger partial charge on any atom is 0.0597 e. The second-order valence-electron chi connectivity index (χ2n) is 3.82. The number of fused-ring (bicyclic) bond motifs is 2. The van der Waals surface area contributed by atoms with Crippen LogP contribution in [0.3, 0.4) is 0 Å². The lowest BCUT2D eigenvalue weighted by Gasteiger charge is -2.29. The highest BCUT2D eigenvalue weighted by Crippen LogP contribution is 2.41. The molecule has 3 N–H and O–H groups in total. The van der Waals surface area contributed by atoms with E-state index in [4.69, 9.17) is 5.73 Å². The van der Waals surface area contributed by atoms with E-state index >= 15 is 0 Å². The predicted molar refractivity (Wildman–Crippen MR) is 46.7 cm³/mol. The first kappa shape index (κ1) is 9.30. The molecule has 0 aliphatic heterocycles. The number of aliphatic hydroxyl groups is 1. The normalized spacial score (nSPS) is 48.5. The first-order chi connectivity index (χ1) is 4.77. The van der Waals surface area contributed by atoms with Crippen LogP contribution in [0, 0.1) is 11.8 Å². The largest absolute Gasteiger partial charge is 0.393 e. The standard InChI is InChI=1S/C8H15NO.ClH/c9-7-3-5-1-2-6(4-7)8(5)10;/h5-8,10H,1-4,9H2;1H/t5-,6+,7?,8?;. The zero-order valence-corrected chi connectivity index (χ0v) is 7.39. The molecule has 2 bridgehead atoms. The van der Waals surface area contributed by atoms with Gasteiger partial charge in [-0.2, -0.15) is 0 Å². The van der Waals surface area contributed by atoms with Crippen molar-refractivity contribution in [1.29, 1.82) is 0 Å². The van der Waals surface area contributed by atoms with Crippen LogP contribution >= 0.6 is 12.4 Å². The van der Waals surface area contributed by atoms with Crippen molar-refractivity contribution in [3.63, 3.8) is 0 Å². The van der Waals surface area contributed by atoms with Crippen LogP contribution in [-0.4, -0.2) is 17.3 Å². The van der Waals surface area contributed by atoms with Crippen LogP contribution in [0.2, 0.25) is 0 Å². The monoisotopic (exact) mass is 177 g/mol. The zero-order valence-electron chi connectivity index (χ0n) is 6.57. The van der Waals surface area contributed by atoms with Crippen LogP contribution in [0.1, 0.15) is 25.7 Å². The number of aliphatic hydroxyl groups excluding tert-OH is 1. The molecule has 2 aliphatic rings. The van der Waals surface area contributed by atoms with E-state index in [0.717, 1.165) is 12.8 Å². The molecule has 0 aromatic heterocycles. The number of hydrogen-bond acceptors (Lipinski definition) is 2. The third-order valence-corrected chi connectivity index (χ3v) is 3.09. The summed E-state index contributed by atoms with van der Waals surface area (Å²) in [7, 11) is 0. The Morgan fingerprint density at radius 1 is 1.09 bits per heavy atom. The fraction of sp³-hybridized carbons (Fsp3) is 1.00. The van der Waals surface area contributed by atoms with Crippen molar-refractivity contribution in [3.05, 3.63) is 0 Å². The highest BCUT2D eigenvalue weighted by Gasteiger charge is 2.40. The number of hydrogen-bond donors (Lipinski definition) is 2. The summed E-state index contributed by atoms with van der Waals surface area (Å²) in [5.41, 5.74) is 5.81. The summed E-state index contributed by atoms with van der Waals surface area (Å²) in [5.74, 6) is 1.07. The molecule has 2 rings (SSSR count). The van der Waals surface area contributed by atoms with Crippen LogP contribution < -0.4 is 5.73 Å². The number of nitrogens with two attached hydrogens (primary N) is 1. The van der Waals surface area contributed by atoms with E-state index in [0.29, 0.717) is 17.9 Å². The van der Waals surface area contributed by atoms with Crippen molar-refractivity contribution < 1.29 is 5.11 Å². The minimum Gasteiger partial charge on any atom is -0.393 e. The van der Waals surface area contributed by atoms with Gasteiger partial charge in [-0.05, 0) is 37.5 Å². The summed E-state index contributed by atoms with van der Waals surface area (Å²) < 4.78 is 0. The lowest BCUT2D eigenvalue weighted by molar-refractivity contribution is 0.0532. The number of rotatable bonds is 0. The van der Waals surface area contributed by atoms with Gasteiger partial charge >= 0.3 is 0 Å². The van der Waals surface area contributed by atoms with Crippen LogP contribution in [0.5, 0.6) is 0 Å². The molecule has 66 valence electrons. The van der Waals surface area contributed by atoms with Gasteiger partial charge in [-0.3, -0.25) is 0 Å². The van der Waals surface area contributed by atoms with Gasteiger partial charge < -0.3 is 10.8 Å². The van der Waals surface area contributed by atoms with Crippen molar-refractivity contribution in [3.8, 4) is 0 Å². The van der Waals surface area contributed by atoms with E-state index < -0.39 is 0 Å². The second-order valence-corrected chi connectivity index (χ2v) is 3.82. The predicted octanol–water partition coefficient (Wildman–Crippen LogP) is 0.916. The van der Waals surface area contributed by atoms with Gasteiger partial charge in [0.25, 0.3) is 0 Å². The molecule has 0 heterocycles. The third-order valence-electron chi connectivity index (χ3n) is 3.09. The summed E-state index contributed by atoms with van der Waals surface area (Å²) in [6, 6.07) is 0.376. The third kappa shape index (κ3) is 1.53. The first-order valence-electron chi connectivity index (χ1n) is 4.21. The van der Waals surface area contributed by atoms with Crippen molar-refractivity contribution in [2.75, 3.05) is 0 Å². The molecule has 0 amide bonds. The molecule has 3 heteroatoms. The average Bonchev–Trinajstić information content (AvgIpc) is 2.20. The van der Waals surface area contributed by atoms with Crippen molar-refractivity contribution in [2.24, 2.45) is 17.6 Å². The smallest absolute Gasteiger partial charge is 0.0597 e. The Balaban J connectivity index is 0.000000605. The first-order valence-corrected chi connectivity index (χ1v) is 4.21. The molecule has 2 nitrogen and oxygen atoms in total. The fourth-order valence-electron chi connectivity index (χ4n) is 2.54. The summed E-state index contributed by atoms with van der Waals surface area (Å²) in [4.78, 5) is 0. The maximum atomic E-state index is 9.57. The molecule has 0 aromatic carbocycles. The zero-order chi connectivity index (χ0) is 7.14. The van der Waals surface area contributed by atoms with Crippen molar-refractivity contribution in [1.82, 2.24) is 0 Å². The van der Waals surface area contributed by atoms with Crippen LogP contribution in [0.4, 0.5) is 0 Å². The highest BCUT2D eigenvalue weighted by molar-refractivity contribution is 5.85. The van der Waals surface area contributed by atoms with Crippen LogP contribution in [0.15, 0.2) is 0 Å². The lowest BCUT2D eigenvalue weighted by atomic mass is 9.83. The Hall–Kier alpha value is 0.210. The van der Waals surface area contributed by atoms with Gasteiger partial charge in [0.1, 0.15) is 0 Å². The molecule has 2 saturated carbocycles. The minimum absolute atomic E-state index is 0. The average molecular weight is 178 g/mol. The molecular weight excluding hydrogens is 162 g/mol. The van der Waals surface area contributed by atoms with E-state index in [1.165, 1.54) is 12.8 Å². The van der Waals surface area contributed by atoms with Gasteiger partial charge in [0.2, 0.25) is 0 Å². The van der Waals surface area contributed by atoms with E-state index in [1.807, 2.05) is 0 Å². The Labute approximate surface area is 73.6 Å². The van der Waals surface area contributed by atoms with Gasteiger partial charge in [0.15, 0.2) is 0 Å². The summed E-state index contributed by atoms with van der Waals surface area (Å²) in [6.45, 7) is 0. The van der Waals surface area contributed by atoms with Gasteiger partial charge in [-0.25, -0.2) is 0 Å². The Bertz CT molecular complexity index is 128. The highest BCUT2D eigenvalue weighted by atomic mass is 35.5. The Kier molecular flexibility index (Phi) is 2.79. The Morgan fingerprint density at radius 3 is 2.00 bits per heavy atom. The molecule has 0 aromatic rings. The van der Waals surface area contributed by atoms with E-state index in [2.05, 4.69) is 0 Å². The molecule has 4 atom stereocenters. The number of halogens is 1. The van der Waals surface area contributed by atoms with E-state index in [1.54, 1.807) is 0 Å². The van der Waals surface area contributed by atoms with Gasteiger partial charge in [0, 0.05) is 6.04 Å². The van der Waals surface area contributed by atoms with Gasteiger partial charge in [-0.1, -0.05) is 0 Å². The maximum absolute atomic E-state index is 9.57. The van der Waals surface area contributed by atoms with Gasteiger partial charge in [-0.15, -0.1) is 12.4 Å². The van der Waals surface area contributed by atoms with E-state index in [9.17, 15) is 5.11 Å². The van der Waals surface area contributed by atoms with Crippen LogP contribution in [0.25, 0.3) is 0 Å². The molecule has 0 saturated heterocycles. The lowest BCUT2D eigenvalue weighted by Crippen LogP contribution is -2.37. The summed E-state index contributed by atoms with van der Waals surface area (Å²) in [5, 5.41) is 9.57. The van der Waals surface area contributed by atoms with Crippen molar-refractivity contribution >= 4 is 12.4 Å². The molecule has 0 radical (unpaired) electrons. The fourth-order valence-corrected chi connectivity index (χ4v) is 2.54. The molecule has 2 unspecified atom stereocenters.